The van der Waals surface area contributed by atoms with Gasteiger partial charge in [-0.3, -0.25) is 0 Å². The first-order chi connectivity index (χ1) is 11.0. The van der Waals surface area contributed by atoms with E-state index in [0.717, 1.165) is 17.5 Å². The maximum Gasteiger partial charge on any atom is 0.163 e. The van der Waals surface area contributed by atoms with Gasteiger partial charge in [-0.2, -0.15) is 0 Å². The Hall–Kier alpha value is -1.43. The van der Waals surface area contributed by atoms with Crippen LogP contribution in [-0.4, -0.2) is 32.5 Å². The van der Waals surface area contributed by atoms with Crippen molar-refractivity contribution in [3.05, 3.63) is 36.4 Å². The molecule has 3 fully saturated rings. The first-order valence-corrected chi connectivity index (χ1v) is 8.31. The van der Waals surface area contributed by atoms with Gasteiger partial charge in [0.05, 0.1) is 17.5 Å². The molecule has 0 spiro atoms. The zero-order chi connectivity index (χ0) is 16.0. The molecular formula is C17H18ClN3O2. The van der Waals surface area contributed by atoms with Gasteiger partial charge in [0.15, 0.2) is 5.79 Å². The second kappa shape index (κ2) is 4.15. The Labute approximate surface area is 139 Å². The molecule has 2 aliphatic carbocycles. The molecule has 2 aromatic heterocycles. The summed E-state index contributed by atoms with van der Waals surface area (Å²) in [6, 6.07) is 2.16. The summed E-state index contributed by atoms with van der Waals surface area (Å²) in [4.78, 5) is 8.51. The van der Waals surface area contributed by atoms with Crippen LogP contribution in [-0.2, 0) is 9.47 Å². The van der Waals surface area contributed by atoms with Crippen LogP contribution in [0.4, 0.5) is 0 Å². The van der Waals surface area contributed by atoms with Crippen molar-refractivity contribution in [1.29, 1.82) is 0 Å². The fourth-order valence-corrected chi connectivity index (χ4v) is 4.85. The van der Waals surface area contributed by atoms with Crippen molar-refractivity contribution in [2.75, 3.05) is 0 Å². The maximum absolute atomic E-state index is 6.25. The quantitative estimate of drug-likeness (QED) is 0.625. The molecule has 3 aliphatic rings. The first-order valence-electron chi connectivity index (χ1n) is 7.93. The standard InChI is InChI=1S/C17H18ClN3O2/c1-4-17-7-10(17)11(12-13(17)23-16(2,3)22-12)21-6-5-9-14(18)19-8-20-15(9)21/h4-6,8,10-13H,1,7H2,2-3H3/t10-,11-,12+,13+,17-/m1/s1. The van der Waals surface area contributed by atoms with E-state index in [9.17, 15) is 0 Å². The Kier molecular flexibility index (Phi) is 2.52. The van der Waals surface area contributed by atoms with E-state index in [4.69, 9.17) is 21.1 Å². The molecule has 0 bridgehead atoms. The van der Waals surface area contributed by atoms with Crippen molar-refractivity contribution < 1.29 is 9.47 Å². The molecule has 0 radical (unpaired) electrons. The average molecular weight is 332 g/mol. The van der Waals surface area contributed by atoms with Crippen LogP contribution >= 0.6 is 11.6 Å². The molecule has 1 saturated heterocycles. The van der Waals surface area contributed by atoms with Gasteiger partial charge in [0.2, 0.25) is 0 Å². The lowest BCUT2D eigenvalue weighted by Gasteiger charge is -2.24. The third kappa shape index (κ3) is 1.65. The van der Waals surface area contributed by atoms with Crippen LogP contribution in [0.25, 0.3) is 11.0 Å². The fraction of sp³-hybridized carbons (Fsp3) is 0.529. The molecule has 2 saturated carbocycles. The molecule has 6 heteroatoms. The molecule has 2 aromatic rings. The summed E-state index contributed by atoms with van der Waals surface area (Å²) in [5.41, 5.74) is 0.880. The SMILES string of the molecule is C=C[C@@]12C[C@@H]1[C@@H](n1ccc3c(Cl)ncnc31)[C@@H]1OC(C)(C)O[C@@H]12. The minimum Gasteiger partial charge on any atom is -0.344 e. The lowest BCUT2D eigenvalue weighted by atomic mass is 10.00. The third-order valence-electron chi connectivity index (χ3n) is 5.67. The highest BCUT2D eigenvalue weighted by atomic mass is 35.5. The van der Waals surface area contributed by atoms with E-state index in [1.807, 2.05) is 26.1 Å². The average Bonchev–Trinajstić information content (AvgIpc) is 2.78. The van der Waals surface area contributed by atoms with Crippen molar-refractivity contribution in [1.82, 2.24) is 14.5 Å². The van der Waals surface area contributed by atoms with Crippen molar-refractivity contribution in [3.8, 4) is 0 Å². The Bertz CT molecular complexity index is 832. The van der Waals surface area contributed by atoms with Crippen LogP contribution in [0, 0.1) is 11.3 Å². The monoisotopic (exact) mass is 331 g/mol. The molecule has 5 atom stereocenters. The largest absolute Gasteiger partial charge is 0.344 e. The van der Waals surface area contributed by atoms with Gasteiger partial charge in [-0.05, 0) is 32.3 Å². The van der Waals surface area contributed by atoms with Gasteiger partial charge >= 0.3 is 0 Å². The summed E-state index contributed by atoms with van der Waals surface area (Å²) >= 11 is 6.20. The normalized spacial score (nSPS) is 40.1. The van der Waals surface area contributed by atoms with Crippen molar-refractivity contribution >= 4 is 22.6 Å². The number of fused-ring (bicyclic) bond motifs is 4. The number of rotatable bonds is 2. The Morgan fingerprint density at radius 2 is 2.22 bits per heavy atom. The summed E-state index contributed by atoms with van der Waals surface area (Å²) < 4.78 is 14.7. The van der Waals surface area contributed by atoms with Crippen LogP contribution in [0.1, 0.15) is 26.3 Å². The van der Waals surface area contributed by atoms with Crippen molar-refractivity contribution in [3.63, 3.8) is 0 Å². The van der Waals surface area contributed by atoms with E-state index in [-0.39, 0.29) is 23.7 Å². The topological polar surface area (TPSA) is 49.2 Å². The first kappa shape index (κ1) is 14.0. The highest BCUT2D eigenvalue weighted by molar-refractivity contribution is 6.33. The number of aromatic nitrogens is 3. The number of ether oxygens (including phenoxy) is 2. The predicted octanol–water partition coefficient (Wildman–Crippen LogP) is 3.35. The van der Waals surface area contributed by atoms with Crippen LogP contribution in [0.2, 0.25) is 5.15 Å². The van der Waals surface area contributed by atoms with E-state index in [1.165, 1.54) is 6.33 Å². The highest BCUT2D eigenvalue weighted by Gasteiger charge is 2.74. The zero-order valence-corrected chi connectivity index (χ0v) is 13.8. The maximum atomic E-state index is 6.25. The number of halogens is 1. The summed E-state index contributed by atoms with van der Waals surface area (Å²) in [5.74, 6) is -0.0948. The van der Waals surface area contributed by atoms with E-state index < -0.39 is 5.79 Å². The predicted molar refractivity (Wildman–Crippen MR) is 86.1 cm³/mol. The van der Waals surface area contributed by atoms with Crippen LogP contribution in [0.3, 0.4) is 0 Å². The molecule has 0 aromatic carbocycles. The van der Waals surface area contributed by atoms with E-state index in [1.54, 1.807) is 0 Å². The molecule has 23 heavy (non-hydrogen) atoms. The second-order valence-corrected chi connectivity index (χ2v) is 7.62. The third-order valence-corrected chi connectivity index (χ3v) is 5.97. The van der Waals surface area contributed by atoms with Crippen LogP contribution in [0.5, 0.6) is 0 Å². The van der Waals surface area contributed by atoms with Gasteiger partial charge in [0.1, 0.15) is 23.2 Å². The lowest BCUT2D eigenvalue weighted by molar-refractivity contribution is -0.159. The molecule has 3 heterocycles. The second-order valence-electron chi connectivity index (χ2n) is 7.26. The van der Waals surface area contributed by atoms with Gasteiger partial charge in [0, 0.05) is 11.6 Å². The molecule has 0 unspecified atom stereocenters. The fourth-order valence-electron chi connectivity index (χ4n) is 4.65. The van der Waals surface area contributed by atoms with Crippen molar-refractivity contribution in [2.24, 2.45) is 11.3 Å². The van der Waals surface area contributed by atoms with E-state index in [2.05, 4.69) is 27.2 Å². The van der Waals surface area contributed by atoms with Gasteiger partial charge < -0.3 is 14.0 Å². The molecule has 5 rings (SSSR count). The van der Waals surface area contributed by atoms with Gasteiger partial charge in [-0.1, -0.05) is 17.7 Å². The Balaban J connectivity index is 1.65. The number of hydrogen-bond donors (Lipinski definition) is 0. The lowest BCUT2D eigenvalue weighted by Crippen LogP contribution is -2.31. The summed E-state index contributed by atoms with van der Waals surface area (Å²) in [7, 11) is 0. The summed E-state index contributed by atoms with van der Waals surface area (Å²) in [6.45, 7) is 8.02. The van der Waals surface area contributed by atoms with Gasteiger partial charge in [0.25, 0.3) is 0 Å². The minimum absolute atomic E-state index is 0.00564. The van der Waals surface area contributed by atoms with E-state index >= 15 is 0 Å². The molecule has 0 N–H and O–H groups in total. The Morgan fingerprint density at radius 3 is 3.00 bits per heavy atom. The number of hydrogen-bond acceptors (Lipinski definition) is 4. The molecule has 0 amide bonds. The zero-order valence-electron chi connectivity index (χ0n) is 13.1. The Morgan fingerprint density at radius 1 is 1.39 bits per heavy atom. The minimum atomic E-state index is -0.563. The number of nitrogens with zero attached hydrogens (tertiary/aromatic N) is 3. The highest BCUT2D eigenvalue weighted by Crippen LogP contribution is 2.72. The van der Waals surface area contributed by atoms with Crippen LogP contribution in [0.15, 0.2) is 31.2 Å². The van der Waals surface area contributed by atoms with Gasteiger partial charge in [-0.25, -0.2) is 9.97 Å². The van der Waals surface area contributed by atoms with Crippen molar-refractivity contribution in [2.45, 2.75) is 44.3 Å². The van der Waals surface area contributed by atoms with E-state index in [0.29, 0.717) is 11.1 Å². The molecule has 5 nitrogen and oxygen atoms in total. The smallest absolute Gasteiger partial charge is 0.163 e. The molecular weight excluding hydrogens is 314 g/mol. The summed E-state index contributed by atoms with van der Waals surface area (Å²) in [6.07, 6.45) is 6.76. The molecule has 1 aliphatic heterocycles. The van der Waals surface area contributed by atoms with Gasteiger partial charge in [-0.15, -0.1) is 6.58 Å². The summed E-state index contributed by atoms with van der Waals surface area (Å²) in [5, 5.41) is 1.36. The van der Waals surface area contributed by atoms with Crippen LogP contribution < -0.4 is 0 Å². The molecule has 120 valence electrons.